The first kappa shape index (κ1) is 18.4. The van der Waals surface area contributed by atoms with Crippen molar-refractivity contribution in [3.8, 4) is 11.5 Å². The maximum absolute atomic E-state index is 6.02. The highest BCUT2D eigenvalue weighted by Crippen LogP contribution is 2.37. The van der Waals surface area contributed by atoms with Crippen molar-refractivity contribution < 1.29 is 9.47 Å². The SMILES string of the molecule is COc1cc(CCCN)cc(Br)c1OCc1ccc(Cl)c(Cl)c1. The van der Waals surface area contributed by atoms with E-state index < -0.39 is 0 Å². The minimum absolute atomic E-state index is 0.369. The van der Waals surface area contributed by atoms with Gasteiger partial charge in [-0.1, -0.05) is 29.3 Å². The predicted octanol–water partition coefficient (Wildman–Crippen LogP) is 5.23. The van der Waals surface area contributed by atoms with E-state index in [0.29, 0.717) is 34.7 Å². The third kappa shape index (κ3) is 5.01. The number of rotatable bonds is 7. The van der Waals surface area contributed by atoms with Gasteiger partial charge in [-0.3, -0.25) is 0 Å². The van der Waals surface area contributed by atoms with Gasteiger partial charge in [0.1, 0.15) is 6.61 Å². The summed E-state index contributed by atoms with van der Waals surface area (Å²) in [7, 11) is 1.63. The lowest BCUT2D eigenvalue weighted by molar-refractivity contribution is 0.282. The lowest BCUT2D eigenvalue weighted by Crippen LogP contribution is -2.02. The summed E-state index contributed by atoms with van der Waals surface area (Å²) in [6.45, 7) is 1.03. The average Bonchev–Trinajstić information content (AvgIpc) is 2.54. The minimum Gasteiger partial charge on any atom is -0.493 e. The topological polar surface area (TPSA) is 44.5 Å². The van der Waals surface area contributed by atoms with Gasteiger partial charge < -0.3 is 15.2 Å². The molecule has 23 heavy (non-hydrogen) atoms. The molecular weight excluding hydrogens is 401 g/mol. The lowest BCUT2D eigenvalue weighted by atomic mass is 10.1. The Labute approximate surface area is 154 Å². The molecule has 0 saturated heterocycles. The molecular formula is C17H18BrCl2NO2. The van der Waals surface area contributed by atoms with E-state index in [4.69, 9.17) is 38.4 Å². The number of halogens is 3. The molecule has 0 saturated carbocycles. The molecule has 0 radical (unpaired) electrons. The van der Waals surface area contributed by atoms with Crippen molar-refractivity contribution in [1.29, 1.82) is 0 Å². The summed E-state index contributed by atoms with van der Waals surface area (Å²) in [5.41, 5.74) is 7.65. The third-order valence-corrected chi connectivity index (χ3v) is 4.65. The maximum Gasteiger partial charge on any atom is 0.175 e. The van der Waals surface area contributed by atoms with E-state index in [1.54, 1.807) is 19.2 Å². The Morgan fingerprint density at radius 1 is 1.09 bits per heavy atom. The van der Waals surface area contributed by atoms with Gasteiger partial charge in [0.15, 0.2) is 11.5 Å². The van der Waals surface area contributed by atoms with Crippen LogP contribution in [0.5, 0.6) is 11.5 Å². The molecule has 0 aliphatic heterocycles. The highest BCUT2D eigenvalue weighted by atomic mass is 79.9. The number of aryl methyl sites for hydroxylation is 1. The summed E-state index contributed by atoms with van der Waals surface area (Å²) in [5, 5.41) is 1.04. The number of benzene rings is 2. The van der Waals surface area contributed by atoms with Crippen molar-refractivity contribution in [2.75, 3.05) is 13.7 Å². The van der Waals surface area contributed by atoms with E-state index in [2.05, 4.69) is 15.9 Å². The van der Waals surface area contributed by atoms with Crippen LogP contribution in [0.4, 0.5) is 0 Å². The van der Waals surface area contributed by atoms with Crippen LogP contribution in [0.3, 0.4) is 0 Å². The van der Waals surface area contributed by atoms with Crippen molar-refractivity contribution in [3.63, 3.8) is 0 Å². The fourth-order valence-electron chi connectivity index (χ4n) is 2.15. The Hall–Kier alpha value is -0.940. The molecule has 0 unspecified atom stereocenters. The van der Waals surface area contributed by atoms with E-state index in [0.717, 1.165) is 28.4 Å². The summed E-state index contributed by atoms with van der Waals surface area (Å²) >= 11 is 15.5. The molecule has 0 atom stereocenters. The normalized spacial score (nSPS) is 10.7. The molecule has 0 fully saturated rings. The van der Waals surface area contributed by atoms with Gasteiger partial charge in [-0.25, -0.2) is 0 Å². The average molecular weight is 419 g/mol. The lowest BCUT2D eigenvalue weighted by Gasteiger charge is -2.15. The second-order valence-corrected chi connectivity index (χ2v) is 6.71. The van der Waals surface area contributed by atoms with Crippen LogP contribution in [0.25, 0.3) is 0 Å². The zero-order chi connectivity index (χ0) is 16.8. The molecule has 2 rings (SSSR count). The molecule has 2 aromatic rings. The molecule has 0 spiro atoms. The van der Waals surface area contributed by atoms with Gasteiger partial charge in [-0.05, 0) is 70.7 Å². The van der Waals surface area contributed by atoms with Crippen LogP contribution in [0.1, 0.15) is 17.5 Å². The summed E-state index contributed by atoms with van der Waals surface area (Å²) < 4.78 is 12.2. The van der Waals surface area contributed by atoms with Gasteiger partial charge in [0.2, 0.25) is 0 Å². The standard InChI is InChI=1S/C17H18BrCl2NO2/c1-22-16-9-11(3-2-6-21)7-13(18)17(16)23-10-12-4-5-14(19)15(20)8-12/h4-5,7-9H,2-3,6,10,21H2,1H3. The van der Waals surface area contributed by atoms with E-state index >= 15 is 0 Å². The number of hydrogen-bond donors (Lipinski definition) is 1. The van der Waals surface area contributed by atoms with Crippen molar-refractivity contribution in [1.82, 2.24) is 0 Å². The molecule has 2 N–H and O–H groups in total. The molecule has 0 aromatic heterocycles. The van der Waals surface area contributed by atoms with E-state index in [1.165, 1.54) is 0 Å². The molecule has 0 aliphatic rings. The first-order valence-electron chi connectivity index (χ1n) is 7.18. The van der Waals surface area contributed by atoms with Crippen LogP contribution in [-0.2, 0) is 13.0 Å². The van der Waals surface area contributed by atoms with Crippen LogP contribution in [-0.4, -0.2) is 13.7 Å². The minimum atomic E-state index is 0.369. The van der Waals surface area contributed by atoms with E-state index in [1.807, 2.05) is 18.2 Å². The number of ether oxygens (including phenoxy) is 2. The fourth-order valence-corrected chi connectivity index (χ4v) is 3.07. The molecule has 124 valence electrons. The summed E-state index contributed by atoms with van der Waals surface area (Å²) in [6, 6.07) is 9.43. The highest BCUT2D eigenvalue weighted by Gasteiger charge is 2.12. The monoisotopic (exact) mass is 417 g/mol. The van der Waals surface area contributed by atoms with Gasteiger partial charge >= 0.3 is 0 Å². The summed E-state index contributed by atoms with van der Waals surface area (Å²) in [5.74, 6) is 1.35. The Kier molecular flexibility index (Phi) is 7.03. The van der Waals surface area contributed by atoms with Crippen LogP contribution in [0.2, 0.25) is 10.0 Å². The Morgan fingerprint density at radius 3 is 2.52 bits per heavy atom. The summed E-state index contributed by atoms with van der Waals surface area (Å²) in [4.78, 5) is 0. The number of hydrogen-bond acceptors (Lipinski definition) is 3. The fraction of sp³-hybridized carbons (Fsp3) is 0.294. The van der Waals surface area contributed by atoms with Crippen LogP contribution < -0.4 is 15.2 Å². The molecule has 0 heterocycles. The zero-order valence-electron chi connectivity index (χ0n) is 12.7. The number of methoxy groups -OCH3 is 1. The van der Waals surface area contributed by atoms with Gasteiger partial charge in [0, 0.05) is 0 Å². The van der Waals surface area contributed by atoms with Crippen molar-refractivity contribution >= 4 is 39.1 Å². The maximum atomic E-state index is 6.02. The molecule has 2 aromatic carbocycles. The smallest absolute Gasteiger partial charge is 0.175 e. The second kappa shape index (κ2) is 8.78. The molecule has 0 aliphatic carbocycles. The Bertz CT molecular complexity index is 680. The Balaban J connectivity index is 2.16. The Morgan fingerprint density at radius 2 is 1.87 bits per heavy atom. The second-order valence-electron chi connectivity index (χ2n) is 5.04. The van der Waals surface area contributed by atoms with Gasteiger partial charge in [0.25, 0.3) is 0 Å². The molecule has 6 heteroatoms. The van der Waals surface area contributed by atoms with Gasteiger partial charge in [-0.2, -0.15) is 0 Å². The molecule has 0 bridgehead atoms. The summed E-state index contributed by atoms with van der Waals surface area (Å²) in [6.07, 6.45) is 1.83. The van der Waals surface area contributed by atoms with E-state index in [9.17, 15) is 0 Å². The quantitative estimate of drug-likeness (QED) is 0.668. The van der Waals surface area contributed by atoms with Crippen molar-refractivity contribution in [2.24, 2.45) is 5.73 Å². The first-order chi connectivity index (χ1) is 11.0. The first-order valence-corrected chi connectivity index (χ1v) is 8.73. The van der Waals surface area contributed by atoms with Crippen LogP contribution >= 0.6 is 39.1 Å². The van der Waals surface area contributed by atoms with Crippen LogP contribution in [0, 0.1) is 0 Å². The van der Waals surface area contributed by atoms with Crippen molar-refractivity contribution in [2.45, 2.75) is 19.4 Å². The van der Waals surface area contributed by atoms with Gasteiger partial charge in [-0.15, -0.1) is 0 Å². The van der Waals surface area contributed by atoms with Gasteiger partial charge in [0.05, 0.1) is 21.6 Å². The van der Waals surface area contributed by atoms with Crippen LogP contribution in [0.15, 0.2) is 34.8 Å². The highest BCUT2D eigenvalue weighted by molar-refractivity contribution is 9.10. The number of nitrogens with two attached hydrogens (primary N) is 1. The largest absolute Gasteiger partial charge is 0.493 e. The molecule has 3 nitrogen and oxygen atoms in total. The predicted molar refractivity (Wildman–Crippen MR) is 98.9 cm³/mol. The van der Waals surface area contributed by atoms with E-state index in [-0.39, 0.29) is 0 Å². The molecule has 0 amide bonds. The zero-order valence-corrected chi connectivity index (χ0v) is 15.8. The third-order valence-electron chi connectivity index (χ3n) is 3.33. The van der Waals surface area contributed by atoms with Crippen molar-refractivity contribution in [3.05, 3.63) is 56.0 Å².